The molecular formula is C11H14ClNOS. The van der Waals surface area contributed by atoms with Crippen molar-refractivity contribution in [3.05, 3.63) is 29.3 Å². The molecule has 4 heteroatoms. The predicted octanol–water partition coefficient (Wildman–Crippen LogP) is 2.96. The van der Waals surface area contributed by atoms with E-state index in [9.17, 15) is 4.79 Å². The smallest absolute Gasteiger partial charge is 0.233 e. The van der Waals surface area contributed by atoms with Gasteiger partial charge in [-0.05, 0) is 30.7 Å². The number of benzene rings is 1. The molecule has 0 radical (unpaired) electrons. The molecule has 0 heterocycles. The molecule has 0 aliphatic carbocycles. The summed E-state index contributed by atoms with van der Waals surface area (Å²) in [4.78, 5) is 12.5. The van der Waals surface area contributed by atoms with Gasteiger partial charge in [-0.2, -0.15) is 0 Å². The maximum atomic E-state index is 11.5. The second-order valence-corrected chi connectivity index (χ2v) is 4.80. The zero-order valence-electron chi connectivity index (χ0n) is 8.79. The Balaban J connectivity index is 2.66. The summed E-state index contributed by atoms with van der Waals surface area (Å²) in [6.07, 6.45) is 0.812. The van der Waals surface area contributed by atoms with Gasteiger partial charge >= 0.3 is 0 Å². The van der Waals surface area contributed by atoms with Crippen LogP contribution in [-0.2, 0) is 4.79 Å². The van der Waals surface area contributed by atoms with Gasteiger partial charge in [0.15, 0.2) is 0 Å². The highest BCUT2D eigenvalue weighted by Gasteiger charge is 2.15. The fraction of sp³-hybridized carbons (Fsp3) is 0.364. The van der Waals surface area contributed by atoms with E-state index in [1.165, 1.54) is 0 Å². The molecule has 2 nitrogen and oxygen atoms in total. The normalized spacial score (nSPS) is 12.2. The molecule has 15 heavy (non-hydrogen) atoms. The van der Waals surface area contributed by atoms with E-state index in [2.05, 4.69) is 5.32 Å². The number of rotatable bonds is 4. The number of carbonyl (C=O) groups excluding carboxylic acids is 1. The van der Waals surface area contributed by atoms with Crippen LogP contribution in [-0.4, -0.2) is 18.2 Å². The number of hydrogen-bond donors (Lipinski definition) is 1. The molecule has 82 valence electrons. The molecule has 0 saturated carbocycles. The first-order chi connectivity index (χ1) is 7.17. The van der Waals surface area contributed by atoms with E-state index < -0.39 is 0 Å². The Morgan fingerprint density at radius 3 is 2.53 bits per heavy atom. The van der Waals surface area contributed by atoms with Gasteiger partial charge in [-0.1, -0.05) is 18.5 Å². The minimum Gasteiger partial charge on any atom is -0.358 e. The van der Waals surface area contributed by atoms with Gasteiger partial charge in [0.1, 0.15) is 0 Å². The van der Waals surface area contributed by atoms with E-state index in [1.54, 1.807) is 18.8 Å². The third-order valence-electron chi connectivity index (χ3n) is 2.00. The van der Waals surface area contributed by atoms with Crippen LogP contribution in [0.3, 0.4) is 0 Å². The van der Waals surface area contributed by atoms with Crippen molar-refractivity contribution in [1.29, 1.82) is 0 Å². The van der Waals surface area contributed by atoms with Crippen molar-refractivity contribution >= 4 is 29.3 Å². The van der Waals surface area contributed by atoms with Crippen molar-refractivity contribution in [2.24, 2.45) is 0 Å². The summed E-state index contributed by atoms with van der Waals surface area (Å²) in [5, 5.41) is 3.35. The lowest BCUT2D eigenvalue weighted by Crippen LogP contribution is -2.28. The number of nitrogens with one attached hydrogen (secondary N) is 1. The first kappa shape index (κ1) is 12.4. The Morgan fingerprint density at radius 2 is 2.07 bits per heavy atom. The molecule has 0 unspecified atom stereocenters. The maximum Gasteiger partial charge on any atom is 0.233 e. The summed E-state index contributed by atoms with van der Waals surface area (Å²) >= 11 is 7.34. The molecular weight excluding hydrogens is 230 g/mol. The van der Waals surface area contributed by atoms with Crippen LogP contribution in [0.2, 0.25) is 5.02 Å². The molecule has 1 aromatic rings. The van der Waals surface area contributed by atoms with Crippen molar-refractivity contribution in [1.82, 2.24) is 5.32 Å². The van der Waals surface area contributed by atoms with Gasteiger partial charge in [-0.25, -0.2) is 0 Å². The summed E-state index contributed by atoms with van der Waals surface area (Å²) in [5.41, 5.74) is 0. The summed E-state index contributed by atoms with van der Waals surface area (Å²) in [5.74, 6) is 0.0671. The van der Waals surface area contributed by atoms with Gasteiger partial charge < -0.3 is 5.32 Å². The Kier molecular flexibility index (Phi) is 4.99. The molecule has 1 N–H and O–H groups in total. The topological polar surface area (TPSA) is 29.1 Å². The van der Waals surface area contributed by atoms with Gasteiger partial charge in [0.2, 0.25) is 5.91 Å². The van der Waals surface area contributed by atoms with E-state index in [-0.39, 0.29) is 11.2 Å². The lowest BCUT2D eigenvalue weighted by atomic mass is 10.3. The van der Waals surface area contributed by atoms with Crippen molar-refractivity contribution in [3.8, 4) is 0 Å². The summed E-state index contributed by atoms with van der Waals surface area (Å²) < 4.78 is 0. The SMILES string of the molecule is CC[C@@H](Sc1ccc(Cl)cc1)C(=O)NC. The molecule has 0 bridgehead atoms. The van der Waals surface area contributed by atoms with Crippen LogP contribution in [0.25, 0.3) is 0 Å². The van der Waals surface area contributed by atoms with Crippen LogP contribution in [0.4, 0.5) is 0 Å². The highest BCUT2D eigenvalue weighted by atomic mass is 35.5. The van der Waals surface area contributed by atoms with Gasteiger partial charge in [-0.3, -0.25) is 4.79 Å². The first-order valence-electron chi connectivity index (χ1n) is 4.81. The van der Waals surface area contributed by atoms with Crippen molar-refractivity contribution < 1.29 is 4.79 Å². The second kappa shape index (κ2) is 6.03. The number of thioether (sulfide) groups is 1. The van der Waals surface area contributed by atoms with Crippen LogP contribution in [0.15, 0.2) is 29.2 Å². The average Bonchev–Trinajstić information content (AvgIpc) is 2.27. The molecule has 1 amide bonds. The molecule has 0 aromatic heterocycles. The number of hydrogen-bond acceptors (Lipinski definition) is 2. The Labute approximate surface area is 99.4 Å². The second-order valence-electron chi connectivity index (χ2n) is 3.08. The van der Waals surface area contributed by atoms with Gasteiger partial charge in [0, 0.05) is 17.0 Å². The fourth-order valence-corrected chi connectivity index (χ4v) is 2.30. The zero-order chi connectivity index (χ0) is 11.3. The molecule has 1 rings (SSSR count). The van der Waals surface area contributed by atoms with E-state index in [0.717, 1.165) is 11.3 Å². The molecule has 0 aliphatic heterocycles. The standard InChI is InChI=1S/C11H14ClNOS/c1-3-10(11(14)13-2)15-9-6-4-8(12)5-7-9/h4-7,10H,3H2,1-2H3,(H,13,14)/t10-/m1/s1. The zero-order valence-corrected chi connectivity index (χ0v) is 10.4. The lowest BCUT2D eigenvalue weighted by Gasteiger charge is -2.12. The summed E-state index contributed by atoms with van der Waals surface area (Å²) in [6, 6.07) is 7.53. The monoisotopic (exact) mass is 243 g/mol. The van der Waals surface area contributed by atoms with Crippen molar-refractivity contribution in [3.63, 3.8) is 0 Å². The van der Waals surface area contributed by atoms with E-state index in [0.29, 0.717) is 5.02 Å². The predicted molar refractivity (Wildman–Crippen MR) is 65.5 cm³/mol. The highest BCUT2D eigenvalue weighted by molar-refractivity contribution is 8.00. The third kappa shape index (κ3) is 3.76. The molecule has 0 saturated heterocycles. The largest absolute Gasteiger partial charge is 0.358 e. The van der Waals surface area contributed by atoms with Crippen LogP contribution in [0.5, 0.6) is 0 Å². The first-order valence-corrected chi connectivity index (χ1v) is 6.07. The third-order valence-corrected chi connectivity index (χ3v) is 3.63. The van der Waals surface area contributed by atoms with Gasteiger partial charge in [-0.15, -0.1) is 11.8 Å². The van der Waals surface area contributed by atoms with Gasteiger partial charge in [0.25, 0.3) is 0 Å². The van der Waals surface area contributed by atoms with E-state index in [1.807, 2.05) is 31.2 Å². The number of halogens is 1. The Morgan fingerprint density at radius 1 is 1.47 bits per heavy atom. The fourth-order valence-electron chi connectivity index (χ4n) is 1.16. The Hall–Kier alpha value is -0.670. The van der Waals surface area contributed by atoms with Crippen molar-refractivity contribution in [2.45, 2.75) is 23.5 Å². The number of carbonyl (C=O) groups is 1. The minimum atomic E-state index is -0.0313. The Bertz CT molecular complexity index is 326. The highest BCUT2D eigenvalue weighted by Crippen LogP contribution is 2.26. The van der Waals surface area contributed by atoms with Crippen LogP contribution in [0.1, 0.15) is 13.3 Å². The summed E-state index contributed by atoms with van der Waals surface area (Å²) in [6.45, 7) is 2.00. The van der Waals surface area contributed by atoms with E-state index >= 15 is 0 Å². The van der Waals surface area contributed by atoms with Crippen molar-refractivity contribution in [2.75, 3.05) is 7.05 Å². The quantitative estimate of drug-likeness (QED) is 0.824. The van der Waals surface area contributed by atoms with Crippen LogP contribution in [0, 0.1) is 0 Å². The van der Waals surface area contributed by atoms with Gasteiger partial charge in [0.05, 0.1) is 5.25 Å². The molecule has 1 atom stereocenters. The minimum absolute atomic E-state index is 0.0313. The number of amides is 1. The van der Waals surface area contributed by atoms with E-state index in [4.69, 9.17) is 11.6 Å². The average molecular weight is 244 g/mol. The molecule has 0 aliphatic rings. The molecule has 1 aromatic carbocycles. The van der Waals surface area contributed by atoms with Crippen LogP contribution >= 0.6 is 23.4 Å². The van der Waals surface area contributed by atoms with Crippen LogP contribution < -0.4 is 5.32 Å². The molecule has 0 spiro atoms. The molecule has 0 fully saturated rings. The maximum absolute atomic E-state index is 11.5. The lowest BCUT2D eigenvalue weighted by molar-refractivity contribution is -0.120. The summed E-state index contributed by atoms with van der Waals surface area (Å²) in [7, 11) is 1.66.